The van der Waals surface area contributed by atoms with Gasteiger partial charge < -0.3 is 10.5 Å². The average Bonchev–Trinajstić information content (AvgIpc) is 2.17. The Bertz CT molecular complexity index is 344. The Balaban J connectivity index is 3.18. The number of para-hydroxylation sites is 1. The quantitative estimate of drug-likeness (QED) is 0.871. The van der Waals surface area contributed by atoms with Crippen molar-refractivity contribution in [2.75, 3.05) is 13.7 Å². The molecule has 5 heteroatoms. The molecule has 0 atom stereocenters. The average molecular weight is 236 g/mol. The van der Waals surface area contributed by atoms with Gasteiger partial charge in [-0.15, -0.1) is 0 Å². The molecule has 0 fully saturated rings. The molecule has 0 unspecified atom stereocenters. The molecule has 0 heterocycles. The normalized spacial score (nSPS) is 11.5. The van der Waals surface area contributed by atoms with Crippen molar-refractivity contribution in [3.05, 3.63) is 28.8 Å². The van der Waals surface area contributed by atoms with E-state index in [0.29, 0.717) is 0 Å². The van der Waals surface area contributed by atoms with Crippen LogP contribution in [-0.2, 0) is 5.92 Å². The van der Waals surface area contributed by atoms with Gasteiger partial charge in [0.15, 0.2) is 0 Å². The first-order valence-electron chi connectivity index (χ1n) is 4.44. The Kier molecular flexibility index (Phi) is 3.88. The third kappa shape index (κ3) is 2.58. The van der Waals surface area contributed by atoms with Crippen molar-refractivity contribution < 1.29 is 13.5 Å². The second-order valence-corrected chi connectivity index (χ2v) is 3.47. The van der Waals surface area contributed by atoms with Crippen LogP contribution in [0.25, 0.3) is 0 Å². The monoisotopic (exact) mass is 235 g/mol. The van der Waals surface area contributed by atoms with Gasteiger partial charge in [0.25, 0.3) is 5.92 Å². The van der Waals surface area contributed by atoms with Crippen LogP contribution in [0.1, 0.15) is 12.0 Å². The van der Waals surface area contributed by atoms with Gasteiger partial charge in [0, 0.05) is 6.42 Å². The van der Waals surface area contributed by atoms with E-state index in [2.05, 4.69) is 0 Å². The second-order valence-electron chi connectivity index (χ2n) is 3.06. The summed E-state index contributed by atoms with van der Waals surface area (Å²) in [5, 5.41) is 0.173. The number of hydrogen-bond donors (Lipinski definition) is 1. The smallest absolute Gasteiger partial charge is 0.278 e. The van der Waals surface area contributed by atoms with Crippen LogP contribution in [0.2, 0.25) is 5.02 Å². The topological polar surface area (TPSA) is 35.2 Å². The van der Waals surface area contributed by atoms with Gasteiger partial charge in [-0.2, -0.15) is 0 Å². The number of nitrogens with two attached hydrogens (primary N) is 1. The molecule has 0 amide bonds. The van der Waals surface area contributed by atoms with E-state index >= 15 is 0 Å². The molecule has 2 nitrogen and oxygen atoms in total. The molecule has 1 rings (SSSR count). The molecule has 0 aliphatic heterocycles. The third-order valence-electron chi connectivity index (χ3n) is 2.02. The number of ether oxygens (including phenoxy) is 1. The molecule has 0 aliphatic carbocycles. The molecule has 0 radical (unpaired) electrons. The first-order chi connectivity index (χ1) is 7.03. The molecule has 0 saturated carbocycles. The summed E-state index contributed by atoms with van der Waals surface area (Å²) in [7, 11) is 1.31. The number of alkyl halides is 2. The van der Waals surface area contributed by atoms with Crippen LogP contribution in [0.15, 0.2) is 18.2 Å². The van der Waals surface area contributed by atoms with Crippen LogP contribution < -0.4 is 10.5 Å². The highest BCUT2D eigenvalue weighted by atomic mass is 35.5. The minimum atomic E-state index is -3.01. The van der Waals surface area contributed by atoms with Crippen LogP contribution in [0.5, 0.6) is 5.75 Å². The zero-order chi connectivity index (χ0) is 11.5. The van der Waals surface area contributed by atoms with Gasteiger partial charge in [-0.3, -0.25) is 0 Å². The molecule has 1 aromatic carbocycles. The van der Waals surface area contributed by atoms with Crippen molar-refractivity contribution in [2.45, 2.75) is 12.3 Å². The highest BCUT2D eigenvalue weighted by molar-refractivity contribution is 6.32. The van der Waals surface area contributed by atoms with Crippen molar-refractivity contribution in [3.63, 3.8) is 0 Å². The van der Waals surface area contributed by atoms with Gasteiger partial charge in [-0.1, -0.05) is 17.7 Å². The summed E-state index contributed by atoms with van der Waals surface area (Å²) in [4.78, 5) is 0. The van der Waals surface area contributed by atoms with Gasteiger partial charge in [-0.25, -0.2) is 8.78 Å². The van der Waals surface area contributed by atoms with E-state index in [-0.39, 0.29) is 22.9 Å². The zero-order valence-electron chi connectivity index (χ0n) is 8.27. The fourth-order valence-corrected chi connectivity index (χ4v) is 1.57. The summed E-state index contributed by atoms with van der Waals surface area (Å²) in [6.07, 6.45) is -0.427. The molecular formula is C10H12ClF2NO. The highest BCUT2D eigenvalue weighted by Crippen LogP contribution is 2.40. The SMILES string of the molecule is COc1c(Cl)cccc1C(F)(F)CCN. The lowest BCUT2D eigenvalue weighted by atomic mass is 10.0. The van der Waals surface area contributed by atoms with E-state index < -0.39 is 12.3 Å². The van der Waals surface area contributed by atoms with Crippen molar-refractivity contribution >= 4 is 11.6 Å². The third-order valence-corrected chi connectivity index (χ3v) is 2.32. The fraction of sp³-hybridized carbons (Fsp3) is 0.400. The van der Waals surface area contributed by atoms with Crippen LogP contribution in [0, 0.1) is 0 Å². The van der Waals surface area contributed by atoms with E-state index in [1.807, 2.05) is 0 Å². The van der Waals surface area contributed by atoms with Crippen LogP contribution in [0.3, 0.4) is 0 Å². The summed E-state index contributed by atoms with van der Waals surface area (Å²) < 4.78 is 32.0. The largest absolute Gasteiger partial charge is 0.495 e. The first-order valence-corrected chi connectivity index (χ1v) is 4.81. The van der Waals surface area contributed by atoms with Crippen LogP contribution >= 0.6 is 11.6 Å². The molecule has 0 saturated heterocycles. The maximum Gasteiger partial charge on any atom is 0.278 e. The Hall–Kier alpha value is -0.870. The molecule has 15 heavy (non-hydrogen) atoms. The first kappa shape index (κ1) is 12.2. The van der Waals surface area contributed by atoms with Gasteiger partial charge in [0.2, 0.25) is 0 Å². The second kappa shape index (κ2) is 4.77. The van der Waals surface area contributed by atoms with E-state index in [1.54, 1.807) is 0 Å². The highest BCUT2D eigenvalue weighted by Gasteiger charge is 2.34. The van der Waals surface area contributed by atoms with Gasteiger partial charge in [0.05, 0.1) is 17.7 Å². The van der Waals surface area contributed by atoms with Crippen molar-refractivity contribution in [3.8, 4) is 5.75 Å². The number of rotatable bonds is 4. The predicted molar refractivity (Wildman–Crippen MR) is 55.6 cm³/mol. The minimum Gasteiger partial charge on any atom is -0.495 e. The van der Waals surface area contributed by atoms with Crippen LogP contribution in [0.4, 0.5) is 8.78 Å². The molecule has 0 aliphatic rings. The van der Waals surface area contributed by atoms with E-state index in [4.69, 9.17) is 22.1 Å². The van der Waals surface area contributed by atoms with E-state index in [9.17, 15) is 8.78 Å². The summed E-state index contributed by atoms with van der Waals surface area (Å²) in [5.74, 6) is -3.00. The molecule has 2 N–H and O–H groups in total. The molecular weight excluding hydrogens is 224 g/mol. The molecule has 1 aromatic rings. The Morgan fingerprint density at radius 3 is 2.67 bits per heavy atom. The lowest BCUT2D eigenvalue weighted by Gasteiger charge is -2.19. The lowest BCUT2D eigenvalue weighted by Crippen LogP contribution is -2.19. The maximum atomic E-state index is 13.6. The molecule has 0 aromatic heterocycles. The van der Waals surface area contributed by atoms with Gasteiger partial charge >= 0.3 is 0 Å². The van der Waals surface area contributed by atoms with E-state index in [1.165, 1.54) is 25.3 Å². The van der Waals surface area contributed by atoms with Crippen molar-refractivity contribution in [1.82, 2.24) is 0 Å². The summed E-state index contributed by atoms with van der Waals surface area (Å²) in [6.45, 7) is -0.0946. The predicted octanol–water partition coefficient (Wildman–Crippen LogP) is 2.79. The Morgan fingerprint density at radius 2 is 2.13 bits per heavy atom. The standard InChI is InChI=1S/C10H12ClF2NO/c1-15-9-7(3-2-4-8(9)11)10(12,13)5-6-14/h2-4H,5-6,14H2,1H3. The molecule has 0 bridgehead atoms. The fourth-order valence-electron chi connectivity index (χ4n) is 1.32. The Labute approximate surface area is 92.0 Å². The lowest BCUT2D eigenvalue weighted by molar-refractivity contribution is -0.0127. The number of halogens is 3. The zero-order valence-corrected chi connectivity index (χ0v) is 9.02. The molecule has 84 valence electrons. The van der Waals surface area contributed by atoms with Crippen molar-refractivity contribution in [2.24, 2.45) is 5.73 Å². The number of benzene rings is 1. The summed E-state index contributed by atoms with van der Waals surface area (Å²) >= 11 is 5.75. The van der Waals surface area contributed by atoms with Crippen LogP contribution in [-0.4, -0.2) is 13.7 Å². The molecule has 0 spiro atoms. The van der Waals surface area contributed by atoms with Gasteiger partial charge in [-0.05, 0) is 18.7 Å². The van der Waals surface area contributed by atoms with Crippen molar-refractivity contribution in [1.29, 1.82) is 0 Å². The maximum absolute atomic E-state index is 13.6. The minimum absolute atomic E-state index is 0.0117. The number of methoxy groups -OCH3 is 1. The Morgan fingerprint density at radius 1 is 1.47 bits per heavy atom. The summed E-state index contributed by atoms with van der Waals surface area (Å²) in [6, 6.07) is 4.26. The summed E-state index contributed by atoms with van der Waals surface area (Å²) in [5.41, 5.74) is 4.91. The van der Waals surface area contributed by atoms with Gasteiger partial charge in [0.1, 0.15) is 5.75 Å². The number of hydrogen-bond acceptors (Lipinski definition) is 2. The van der Waals surface area contributed by atoms with E-state index in [0.717, 1.165) is 0 Å².